The first-order valence-corrected chi connectivity index (χ1v) is 6.57. The Kier molecular flexibility index (Phi) is 4.90. The summed E-state index contributed by atoms with van der Waals surface area (Å²) in [6.07, 6.45) is 0. The maximum atomic E-state index is 13.5. The molecule has 0 aliphatic heterocycles. The third-order valence-electron chi connectivity index (χ3n) is 2.94. The Morgan fingerprint density at radius 2 is 2.05 bits per heavy atom. The summed E-state index contributed by atoms with van der Waals surface area (Å²) in [6.45, 7) is 1.75. The fourth-order valence-corrected chi connectivity index (χ4v) is 1.94. The van der Waals surface area contributed by atoms with Crippen LogP contribution in [0, 0.1) is 12.7 Å². The first kappa shape index (κ1) is 15.0. The van der Waals surface area contributed by atoms with Gasteiger partial charge in [-0.15, -0.1) is 0 Å². The fourth-order valence-electron chi connectivity index (χ4n) is 1.94. The maximum absolute atomic E-state index is 13.5. The molecule has 3 N–H and O–H groups in total. The molecule has 0 atom stereocenters. The zero-order chi connectivity index (χ0) is 15.2. The third kappa shape index (κ3) is 4.03. The van der Waals surface area contributed by atoms with Gasteiger partial charge in [0, 0.05) is 17.8 Å². The van der Waals surface area contributed by atoms with Crippen molar-refractivity contribution >= 4 is 11.6 Å². The number of rotatable bonds is 5. The van der Waals surface area contributed by atoms with Crippen molar-refractivity contribution < 1.29 is 13.9 Å². The number of aryl methyl sites for hydroxylation is 1. The molecule has 0 fully saturated rings. The molecule has 2 aromatic carbocycles. The molecule has 4 nitrogen and oxygen atoms in total. The lowest BCUT2D eigenvalue weighted by Crippen LogP contribution is -2.21. The quantitative estimate of drug-likeness (QED) is 0.889. The highest BCUT2D eigenvalue weighted by Gasteiger charge is 2.10. The maximum Gasteiger partial charge on any atom is 0.262 e. The standard InChI is InChI=1S/C16H17FN2O2/c1-11-4-2-5-12(8-11)19-16(20)10-21-15-7-3-6-14(17)13(15)9-18/h2-8H,9-10,18H2,1H3,(H,19,20). The van der Waals surface area contributed by atoms with Crippen molar-refractivity contribution in [1.29, 1.82) is 0 Å². The van der Waals surface area contributed by atoms with E-state index in [1.165, 1.54) is 12.1 Å². The minimum absolute atomic E-state index is 0.0154. The van der Waals surface area contributed by atoms with Crippen molar-refractivity contribution in [2.24, 2.45) is 5.73 Å². The van der Waals surface area contributed by atoms with Crippen molar-refractivity contribution in [1.82, 2.24) is 0 Å². The number of hydrogen-bond acceptors (Lipinski definition) is 3. The van der Waals surface area contributed by atoms with Crippen molar-refractivity contribution in [3.63, 3.8) is 0 Å². The number of anilines is 1. The second-order valence-electron chi connectivity index (χ2n) is 4.63. The third-order valence-corrected chi connectivity index (χ3v) is 2.94. The summed E-state index contributed by atoms with van der Waals surface area (Å²) in [6, 6.07) is 11.8. The number of hydrogen-bond donors (Lipinski definition) is 2. The van der Waals surface area contributed by atoms with Gasteiger partial charge in [0.1, 0.15) is 11.6 Å². The van der Waals surface area contributed by atoms with Gasteiger partial charge < -0.3 is 15.8 Å². The van der Waals surface area contributed by atoms with E-state index in [9.17, 15) is 9.18 Å². The van der Waals surface area contributed by atoms with E-state index in [4.69, 9.17) is 10.5 Å². The molecular weight excluding hydrogens is 271 g/mol. The second-order valence-corrected chi connectivity index (χ2v) is 4.63. The number of benzene rings is 2. The molecule has 5 heteroatoms. The molecular formula is C16H17FN2O2. The minimum atomic E-state index is -0.436. The molecule has 0 heterocycles. The summed E-state index contributed by atoms with van der Waals surface area (Å²) in [5, 5.41) is 2.72. The highest BCUT2D eigenvalue weighted by atomic mass is 19.1. The zero-order valence-corrected chi connectivity index (χ0v) is 11.7. The van der Waals surface area contributed by atoms with E-state index in [1.807, 2.05) is 25.1 Å². The summed E-state index contributed by atoms with van der Waals surface area (Å²) in [7, 11) is 0. The number of nitrogens with one attached hydrogen (secondary N) is 1. The van der Waals surface area contributed by atoms with Crippen molar-refractivity contribution in [2.45, 2.75) is 13.5 Å². The van der Waals surface area contributed by atoms with Gasteiger partial charge in [0.25, 0.3) is 5.91 Å². The van der Waals surface area contributed by atoms with Gasteiger partial charge in [0.05, 0.1) is 0 Å². The lowest BCUT2D eigenvalue weighted by Gasteiger charge is -2.11. The molecule has 2 aromatic rings. The number of carbonyl (C=O) groups is 1. The van der Waals surface area contributed by atoms with Crippen molar-refractivity contribution in [2.75, 3.05) is 11.9 Å². The molecule has 0 saturated heterocycles. The monoisotopic (exact) mass is 288 g/mol. The van der Waals surface area contributed by atoms with Gasteiger partial charge in [-0.25, -0.2) is 4.39 Å². The Bertz CT molecular complexity index is 644. The van der Waals surface area contributed by atoms with Crippen LogP contribution in [0.5, 0.6) is 5.75 Å². The zero-order valence-electron chi connectivity index (χ0n) is 11.7. The van der Waals surface area contributed by atoms with Crippen molar-refractivity contribution in [3.8, 4) is 5.75 Å². The molecule has 0 unspecified atom stereocenters. The van der Waals surface area contributed by atoms with Gasteiger partial charge in [-0.2, -0.15) is 0 Å². The topological polar surface area (TPSA) is 64.3 Å². The molecule has 1 amide bonds. The highest BCUT2D eigenvalue weighted by Crippen LogP contribution is 2.20. The van der Waals surface area contributed by atoms with Crippen LogP contribution in [0.4, 0.5) is 10.1 Å². The number of carbonyl (C=O) groups excluding carboxylic acids is 1. The molecule has 0 aromatic heterocycles. The second kappa shape index (κ2) is 6.85. The Morgan fingerprint density at radius 1 is 1.29 bits per heavy atom. The molecule has 21 heavy (non-hydrogen) atoms. The van der Waals surface area contributed by atoms with Crippen LogP contribution in [0.2, 0.25) is 0 Å². The molecule has 0 saturated carbocycles. The van der Waals surface area contributed by atoms with Crippen LogP contribution in [0.1, 0.15) is 11.1 Å². The lowest BCUT2D eigenvalue weighted by atomic mass is 10.2. The van der Waals surface area contributed by atoms with E-state index >= 15 is 0 Å². The molecule has 2 rings (SSSR count). The molecule has 110 valence electrons. The highest BCUT2D eigenvalue weighted by molar-refractivity contribution is 5.91. The average molecular weight is 288 g/mol. The predicted octanol–water partition coefficient (Wildman–Crippen LogP) is 2.61. The smallest absolute Gasteiger partial charge is 0.262 e. The first-order chi connectivity index (χ1) is 10.1. The number of nitrogens with two attached hydrogens (primary N) is 1. The van der Waals surface area contributed by atoms with Gasteiger partial charge in [0.2, 0.25) is 0 Å². The van der Waals surface area contributed by atoms with E-state index in [2.05, 4.69) is 5.32 Å². The average Bonchev–Trinajstić information content (AvgIpc) is 2.45. The largest absolute Gasteiger partial charge is 0.483 e. The molecule has 0 radical (unpaired) electrons. The van der Waals surface area contributed by atoms with Crippen LogP contribution in [-0.4, -0.2) is 12.5 Å². The Labute approximate surface area is 122 Å². The summed E-state index contributed by atoms with van der Waals surface area (Å²) in [4.78, 5) is 11.8. The normalized spacial score (nSPS) is 10.2. The van der Waals surface area contributed by atoms with Crippen LogP contribution >= 0.6 is 0 Å². The Balaban J connectivity index is 1.97. The number of halogens is 1. The number of amides is 1. The minimum Gasteiger partial charge on any atom is -0.483 e. The SMILES string of the molecule is Cc1cccc(NC(=O)COc2cccc(F)c2CN)c1. The van der Waals surface area contributed by atoms with E-state index in [1.54, 1.807) is 12.1 Å². The van der Waals surface area contributed by atoms with Gasteiger partial charge >= 0.3 is 0 Å². The van der Waals surface area contributed by atoms with E-state index in [-0.39, 0.29) is 30.4 Å². The van der Waals surface area contributed by atoms with Crippen LogP contribution in [-0.2, 0) is 11.3 Å². The number of ether oxygens (including phenoxy) is 1. The van der Waals surface area contributed by atoms with Crippen LogP contribution in [0.15, 0.2) is 42.5 Å². The summed E-state index contributed by atoms with van der Waals surface area (Å²) in [5.41, 5.74) is 7.48. The summed E-state index contributed by atoms with van der Waals surface area (Å²) in [5.74, 6) is -0.459. The fraction of sp³-hybridized carbons (Fsp3) is 0.188. The van der Waals surface area contributed by atoms with Gasteiger partial charge in [-0.1, -0.05) is 18.2 Å². The molecule has 0 aliphatic carbocycles. The van der Waals surface area contributed by atoms with Crippen molar-refractivity contribution in [3.05, 3.63) is 59.4 Å². The van der Waals surface area contributed by atoms with Gasteiger partial charge in [-0.3, -0.25) is 4.79 Å². The van der Waals surface area contributed by atoms with Crippen LogP contribution < -0.4 is 15.8 Å². The van der Waals surface area contributed by atoms with E-state index in [0.29, 0.717) is 5.69 Å². The molecule has 0 spiro atoms. The summed E-state index contributed by atoms with van der Waals surface area (Å²) < 4.78 is 18.8. The van der Waals surface area contributed by atoms with Gasteiger partial charge in [-0.05, 0) is 36.8 Å². The molecule has 0 aliphatic rings. The van der Waals surface area contributed by atoms with Gasteiger partial charge in [0.15, 0.2) is 6.61 Å². The van der Waals surface area contributed by atoms with E-state index in [0.717, 1.165) is 5.56 Å². The Hall–Kier alpha value is -2.40. The lowest BCUT2D eigenvalue weighted by molar-refractivity contribution is -0.118. The van der Waals surface area contributed by atoms with Crippen LogP contribution in [0.25, 0.3) is 0 Å². The van der Waals surface area contributed by atoms with Crippen LogP contribution in [0.3, 0.4) is 0 Å². The Morgan fingerprint density at radius 3 is 2.76 bits per heavy atom. The summed E-state index contributed by atoms with van der Waals surface area (Å²) >= 11 is 0. The first-order valence-electron chi connectivity index (χ1n) is 6.57. The molecule has 0 bridgehead atoms. The van der Waals surface area contributed by atoms with E-state index < -0.39 is 5.82 Å². The predicted molar refractivity (Wildman–Crippen MR) is 79.6 cm³/mol.